The summed E-state index contributed by atoms with van der Waals surface area (Å²) in [4.78, 5) is 15.6. The van der Waals surface area contributed by atoms with Crippen LogP contribution in [-0.2, 0) is 0 Å². The number of amides is 2. The van der Waals surface area contributed by atoms with E-state index in [2.05, 4.69) is 11.4 Å². The molecule has 1 aromatic rings. The first kappa shape index (κ1) is 14.7. The molecule has 1 heterocycles. The number of urea groups is 1. The molecule has 0 saturated carbocycles. The van der Waals surface area contributed by atoms with E-state index in [1.54, 1.807) is 4.90 Å². The molecule has 1 aliphatic rings. The molecule has 5 heteroatoms. The molecule has 0 aromatic heterocycles. The van der Waals surface area contributed by atoms with Gasteiger partial charge in [-0.15, -0.1) is 0 Å². The maximum atomic E-state index is 12.0. The number of nitrogens with zero attached hydrogens (tertiary/aromatic N) is 2. The Balaban J connectivity index is 2.14. The fourth-order valence-electron chi connectivity index (χ4n) is 2.49. The van der Waals surface area contributed by atoms with Crippen molar-refractivity contribution >= 4 is 6.03 Å². The standard InChI is InChI=1S/C15H23N3O2/c1-4-20-14-8-6-5-7-12(14)13(16-2)11-18-10-9-17(3)15(18)19/h5-8,13,16H,4,9-11H2,1-3H3. The summed E-state index contributed by atoms with van der Waals surface area (Å²) < 4.78 is 5.68. The average Bonchev–Trinajstić information content (AvgIpc) is 2.78. The van der Waals surface area contributed by atoms with Crippen LogP contribution in [0.15, 0.2) is 24.3 Å². The lowest BCUT2D eigenvalue weighted by molar-refractivity contribution is 0.194. The van der Waals surface area contributed by atoms with Crippen LogP contribution in [0.5, 0.6) is 5.75 Å². The SMILES string of the molecule is CCOc1ccccc1C(CN1CCN(C)C1=O)NC. The maximum absolute atomic E-state index is 12.0. The van der Waals surface area contributed by atoms with Gasteiger partial charge in [0, 0.05) is 32.2 Å². The number of nitrogens with one attached hydrogen (secondary N) is 1. The van der Waals surface area contributed by atoms with E-state index in [1.807, 2.05) is 44.1 Å². The molecule has 1 atom stereocenters. The number of benzene rings is 1. The van der Waals surface area contributed by atoms with Gasteiger partial charge in [0.25, 0.3) is 0 Å². The van der Waals surface area contributed by atoms with Crippen LogP contribution in [-0.4, -0.2) is 56.2 Å². The van der Waals surface area contributed by atoms with Crippen LogP contribution in [0, 0.1) is 0 Å². The van der Waals surface area contributed by atoms with Gasteiger partial charge in [0.15, 0.2) is 0 Å². The summed E-state index contributed by atoms with van der Waals surface area (Å²) in [5.74, 6) is 0.884. The summed E-state index contributed by atoms with van der Waals surface area (Å²) >= 11 is 0. The largest absolute Gasteiger partial charge is 0.494 e. The van der Waals surface area contributed by atoms with Crippen molar-refractivity contribution in [2.75, 3.05) is 40.3 Å². The van der Waals surface area contributed by atoms with E-state index in [9.17, 15) is 4.79 Å². The van der Waals surface area contributed by atoms with E-state index >= 15 is 0 Å². The van der Waals surface area contributed by atoms with Gasteiger partial charge in [-0.3, -0.25) is 0 Å². The van der Waals surface area contributed by atoms with Gasteiger partial charge in [-0.2, -0.15) is 0 Å². The molecule has 1 aromatic carbocycles. The molecule has 1 aliphatic heterocycles. The van der Waals surface area contributed by atoms with Crippen molar-refractivity contribution in [3.63, 3.8) is 0 Å². The molecule has 0 aliphatic carbocycles. The molecule has 0 bridgehead atoms. The van der Waals surface area contributed by atoms with Gasteiger partial charge < -0.3 is 19.9 Å². The van der Waals surface area contributed by atoms with Gasteiger partial charge in [-0.05, 0) is 20.0 Å². The lowest BCUT2D eigenvalue weighted by Gasteiger charge is -2.25. The summed E-state index contributed by atoms with van der Waals surface area (Å²) in [5.41, 5.74) is 1.10. The number of para-hydroxylation sites is 1. The van der Waals surface area contributed by atoms with E-state index in [-0.39, 0.29) is 12.1 Å². The second kappa shape index (κ2) is 6.61. The monoisotopic (exact) mass is 277 g/mol. The van der Waals surface area contributed by atoms with Crippen molar-refractivity contribution in [1.82, 2.24) is 15.1 Å². The molecule has 1 N–H and O–H groups in total. The van der Waals surface area contributed by atoms with Crippen molar-refractivity contribution < 1.29 is 9.53 Å². The lowest BCUT2D eigenvalue weighted by Crippen LogP contribution is -2.36. The first-order valence-corrected chi connectivity index (χ1v) is 7.06. The minimum Gasteiger partial charge on any atom is -0.494 e. The summed E-state index contributed by atoms with van der Waals surface area (Å²) in [5, 5.41) is 3.29. The van der Waals surface area contributed by atoms with Gasteiger partial charge in [-0.25, -0.2) is 4.79 Å². The highest BCUT2D eigenvalue weighted by molar-refractivity contribution is 5.76. The second-order valence-electron chi connectivity index (χ2n) is 4.96. The van der Waals surface area contributed by atoms with Crippen LogP contribution in [0.3, 0.4) is 0 Å². The summed E-state index contributed by atoms with van der Waals surface area (Å²) in [6.07, 6.45) is 0. The Morgan fingerprint density at radius 3 is 2.70 bits per heavy atom. The molecule has 2 amide bonds. The Hall–Kier alpha value is -1.75. The summed E-state index contributed by atoms with van der Waals surface area (Å²) in [6, 6.07) is 8.17. The zero-order valence-corrected chi connectivity index (χ0v) is 12.4. The number of ether oxygens (including phenoxy) is 1. The maximum Gasteiger partial charge on any atom is 0.319 e. The number of hydrogen-bond donors (Lipinski definition) is 1. The van der Waals surface area contributed by atoms with Crippen LogP contribution in [0.1, 0.15) is 18.5 Å². The molecule has 2 rings (SSSR count). The van der Waals surface area contributed by atoms with Gasteiger partial charge in [-0.1, -0.05) is 18.2 Å². The zero-order valence-electron chi connectivity index (χ0n) is 12.4. The predicted molar refractivity (Wildman–Crippen MR) is 79.0 cm³/mol. The van der Waals surface area contributed by atoms with E-state index in [4.69, 9.17) is 4.74 Å². The number of likely N-dealkylation sites (N-methyl/N-ethyl adjacent to an activating group) is 2. The third kappa shape index (κ3) is 3.04. The van der Waals surface area contributed by atoms with Gasteiger partial charge in [0.2, 0.25) is 0 Å². The highest BCUT2D eigenvalue weighted by atomic mass is 16.5. The van der Waals surface area contributed by atoms with Crippen LogP contribution < -0.4 is 10.1 Å². The fraction of sp³-hybridized carbons (Fsp3) is 0.533. The highest BCUT2D eigenvalue weighted by Crippen LogP contribution is 2.26. The summed E-state index contributed by atoms with van der Waals surface area (Å²) in [7, 11) is 3.75. The topological polar surface area (TPSA) is 44.8 Å². The van der Waals surface area contributed by atoms with Crippen molar-refractivity contribution in [2.45, 2.75) is 13.0 Å². The molecule has 5 nitrogen and oxygen atoms in total. The molecule has 1 unspecified atom stereocenters. The molecule has 110 valence electrons. The van der Waals surface area contributed by atoms with E-state index in [0.29, 0.717) is 13.2 Å². The molecular weight excluding hydrogens is 254 g/mol. The second-order valence-corrected chi connectivity index (χ2v) is 4.96. The fourth-order valence-corrected chi connectivity index (χ4v) is 2.49. The van der Waals surface area contributed by atoms with E-state index in [1.165, 1.54) is 0 Å². The Labute approximate surface area is 120 Å². The predicted octanol–water partition coefficient (Wildman–Crippen LogP) is 1.71. The minimum atomic E-state index is 0.0770. The number of hydrogen-bond acceptors (Lipinski definition) is 3. The Kier molecular flexibility index (Phi) is 4.84. The third-order valence-corrected chi connectivity index (χ3v) is 3.65. The van der Waals surface area contributed by atoms with E-state index < -0.39 is 0 Å². The first-order chi connectivity index (χ1) is 9.67. The molecule has 20 heavy (non-hydrogen) atoms. The Morgan fingerprint density at radius 1 is 1.35 bits per heavy atom. The number of rotatable bonds is 6. The number of carbonyl (C=O) groups is 1. The Morgan fingerprint density at radius 2 is 2.10 bits per heavy atom. The smallest absolute Gasteiger partial charge is 0.319 e. The molecule has 1 fully saturated rings. The van der Waals surface area contributed by atoms with Gasteiger partial charge in [0.05, 0.1) is 12.6 Å². The van der Waals surface area contributed by atoms with Crippen LogP contribution in [0.2, 0.25) is 0 Å². The van der Waals surface area contributed by atoms with Crippen molar-refractivity contribution in [2.24, 2.45) is 0 Å². The van der Waals surface area contributed by atoms with Crippen LogP contribution in [0.25, 0.3) is 0 Å². The quantitative estimate of drug-likeness (QED) is 0.861. The molecule has 1 saturated heterocycles. The minimum absolute atomic E-state index is 0.0770. The van der Waals surface area contributed by atoms with Crippen molar-refractivity contribution in [1.29, 1.82) is 0 Å². The van der Waals surface area contributed by atoms with Gasteiger partial charge >= 0.3 is 6.03 Å². The molecule has 0 spiro atoms. The Bertz CT molecular complexity index is 464. The van der Waals surface area contributed by atoms with Crippen molar-refractivity contribution in [3.05, 3.63) is 29.8 Å². The van der Waals surface area contributed by atoms with Crippen molar-refractivity contribution in [3.8, 4) is 5.75 Å². The first-order valence-electron chi connectivity index (χ1n) is 7.06. The molecule has 0 radical (unpaired) electrons. The zero-order chi connectivity index (χ0) is 14.5. The number of carbonyl (C=O) groups excluding carboxylic acids is 1. The summed E-state index contributed by atoms with van der Waals surface area (Å²) in [6.45, 7) is 4.85. The van der Waals surface area contributed by atoms with Crippen LogP contribution in [0.4, 0.5) is 4.79 Å². The molecular formula is C15H23N3O2. The normalized spacial score (nSPS) is 16.6. The lowest BCUT2D eigenvalue weighted by atomic mass is 10.1. The average molecular weight is 277 g/mol. The third-order valence-electron chi connectivity index (χ3n) is 3.65. The highest BCUT2D eigenvalue weighted by Gasteiger charge is 2.28. The van der Waals surface area contributed by atoms with Gasteiger partial charge in [0.1, 0.15) is 5.75 Å². The van der Waals surface area contributed by atoms with Crippen LogP contribution >= 0.6 is 0 Å². The van der Waals surface area contributed by atoms with E-state index in [0.717, 1.165) is 24.4 Å².